The SMILES string of the molecule is CC1CCCCC1n1nnnc1-c1cc(N)cc(Cl)c1. The highest BCUT2D eigenvalue weighted by Gasteiger charge is 2.26. The van der Waals surface area contributed by atoms with E-state index in [1.807, 2.05) is 16.8 Å². The van der Waals surface area contributed by atoms with Crippen LogP contribution in [0, 0.1) is 5.92 Å². The molecule has 2 atom stereocenters. The van der Waals surface area contributed by atoms with Gasteiger partial charge in [-0.25, -0.2) is 4.68 Å². The number of hydrogen-bond acceptors (Lipinski definition) is 4. The number of rotatable bonds is 2. The molecule has 1 aliphatic rings. The summed E-state index contributed by atoms with van der Waals surface area (Å²) in [6, 6.07) is 5.80. The van der Waals surface area contributed by atoms with Gasteiger partial charge in [0.1, 0.15) is 0 Å². The zero-order valence-corrected chi connectivity index (χ0v) is 12.2. The molecule has 2 aromatic rings. The van der Waals surface area contributed by atoms with Gasteiger partial charge in [0.15, 0.2) is 5.82 Å². The third-order valence-corrected chi connectivity index (χ3v) is 4.27. The van der Waals surface area contributed by atoms with E-state index >= 15 is 0 Å². The highest BCUT2D eigenvalue weighted by Crippen LogP contribution is 2.35. The standard InChI is InChI=1S/C14H18ClN5/c1-9-4-2-3-5-13(9)20-14(17-18-19-20)10-6-11(15)8-12(16)7-10/h6-9,13H,2-5,16H2,1H3. The van der Waals surface area contributed by atoms with Crippen LogP contribution in [0.5, 0.6) is 0 Å². The summed E-state index contributed by atoms with van der Waals surface area (Å²) < 4.78 is 1.94. The van der Waals surface area contributed by atoms with Gasteiger partial charge >= 0.3 is 0 Å². The van der Waals surface area contributed by atoms with Gasteiger partial charge in [0.05, 0.1) is 6.04 Å². The van der Waals surface area contributed by atoms with Gasteiger partial charge in [-0.05, 0) is 47.4 Å². The molecule has 0 amide bonds. The third-order valence-electron chi connectivity index (χ3n) is 4.05. The first-order valence-corrected chi connectivity index (χ1v) is 7.37. The summed E-state index contributed by atoms with van der Waals surface area (Å²) in [4.78, 5) is 0. The lowest BCUT2D eigenvalue weighted by Crippen LogP contribution is -2.23. The van der Waals surface area contributed by atoms with Crippen molar-refractivity contribution >= 4 is 17.3 Å². The summed E-state index contributed by atoms with van der Waals surface area (Å²) in [5.41, 5.74) is 7.36. The van der Waals surface area contributed by atoms with Crippen molar-refractivity contribution < 1.29 is 0 Å². The summed E-state index contributed by atoms with van der Waals surface area (Å²) in [5.74, 6) is 1.33. The van der Waals surface area contributed by atoms with Gasteiger partial charge in [0, 0.05) is 16.3 Å². The molecule has 0 aliphatic heterocycles. The predicted octanol–water partition coefficient (Wildman–Crippen LogP) is 3.33. The minimum absolute atomic E-state index is 0.356. The Morgan fingerprint density at radius 3 is 2.80 bits per heavy atom. The zero-order chi connectivity index (χ0) is 14.1. The minimum atomic E-state index is 0.356. The summed E-state index contributed by atoms with van der Waals surface area (Å²) in [7, 11) is 0. The first kappa shape index (κ1) is 13.4. The average molecular weight is 292 g/mol. The number of hydrogen-bond donors (Lipinski definition) is 1. The van der Waals surface area contributed by atoms with E-state index in [9.17, 15) is 0 Å². The van der Waals surface area contributed by atoms with Gasteiger partial charge < -0.3 is 5.73 Å². The maximum absolute atomic E-state index is 6.08. The maximum atomic E-state index is 6.08. The summed E-state index contributed by atoms with van der Waals surface area (Å²) in [6.45, 7) is 2.27. The van der Waals surface area contributed by atoms with Gasteiger partial charge in [-0.15, -0.1) is 5.10 Å². The fraction of sp³-hybridized carbons (Fsp3) is 0.500. The van der Waals surface area contributed by atoms with Crippen LogP contribution in [0.25, 0.3) is 11.4 Å². The molecule has 2 N–H and O–H groups in total. The third kappa shape index (κ3) is 2.50. The van der Waals surface area contributed by atoms with Crippen LogP contribution in [-0.4, -0.2) is 20.2 Å². The molecule has 5 nitrogen and oxygen atoms in total. The molecule has 1 saturated carbocycles. The van der Waals surface area contributed by atoms with Gasteiger partial charge in [-0.1, -0.05) is 31.4 Å². The van der Waals surface area contributed by atoms with E-state index in [1.165, 1.54) is 19.3 Å². The van der Waals surface area contributed by atoms with E-state index in [-0.39, 0.29) is 0 Å². The van der Waals surface area contributed by atoms with Crippen molar-refractivity contribution in [2.45, 2.75) is 38.6 Å². The van der Waals surface area contributed by atoms with Crippen molar-refractivity contribution in [1.29, 1.82) is 0 Å². The number of nitrogens with zero attached hydrogens (tertiary/aromatic N) is 4. The molecule has 6 heteroatoms. The Labute approximate surface area is 123 Å². The van der Waals surface area contributed by atoms with Gasteiger partial charge in [0.25, 0.3) is 0 Å². The fourth-order valence-electron chi connectivity index (χ4n) is 3.01. The van der Waals surface area contributed by atoms with Crippen LogP contribution in [0.15, 0.2) is 18.2 Å². The van der Waals surface area contributed by atoms with Crippen molar-refractivity contribution in [2.24, 2.45) is 5.92 Å². The zero-order valence-electron chi connectivity index (χ0n) is 11.5. The highest BCUT2D eigenvalue weighted by molar-refractivity contribution is 6.31. The second kappa shape index (κ2) is 5.40. The molecule has 1 fully saturated rings. The number of aromatic nitrogens is 4. The molecule has 0 radical (unpaired) electrons. The van der Waals surface area contributed by atoms with Crippen LogP contribution >= 0.6 is 11.6 Å². The number of anilines is 1. The lowest BCUT2D eigenvalue weighted by Gasteiger charge is -2.29. The van der Waals surface area contributed by atoms with Crippen molar-refractivity contribution in [3.63, 3.8) is 0 Å². The van der Waals surface area contributed by atoms with E-state index < -0.39 is 0 Å². The van der Waals surface area contributed by atoms with Crippen LogP contribution in [0.3, 0.4) is 0 Å². The summed E-state index contributed by atoms with van der Waals surface area (Å²) >= 11 is 6.08. The van der Waals surface area contributed by atoms with Crippen LogP contribution in [0.1, 0.15) is 38.6 Å². The van der Waals surface area contributed by atoms with Crippen molar-refractivity contribution in [1.82, 2.24) is 20.2 Å². The van der Waals surface area contributed by atoms with Crippen molar-refractivity contribution in [3.05, 3.63) is 23.2 Å². The number of halogens is 1. The molecule has 1 heterocycles. The fourth-order valence-corrected chi connectivity index (χ4v) is 3.25. The summed E-state index contributed by atoms with van der Waals surface area (Å²) in [6.07, 6.45) is 4.86. The Morgan fingerprint density at radius 2 is 2.05 bits per heavy atom. The first-order chi connectivity index (χ1) is 9.65. The van der Waals surface area contributed by atoms with Crippen molar-refractivity contribution in [3.8, 4) is 11.4 Å². The summed E-state index contributed by atoms with van der Waals surface area (Å²) in [5, 5.41) is 12.8. The topological polar surface area (TPSA) is 69.6 Å². The molecule has 0 bridgehead atoms. The van der Waals surface area contributed by atoms with Gasteiger partial charge in [-0.2, -0.15) is 0 Å². The molecule has 1 aromatic carbocycles. The molecule has 3 rings (SSSR count). The molecule has 0 spiro atoms. The van der Waals surface area contributed by atoms with E-state index in [0.29, 0.717) is 22.7 Å². The number of nitrogen functional groups attached to an aromatic ring is 1. The van der Waals surface area contributed by atoms with Crippen LogP contribution in [0.2, 0.25) is 5.02 Å². The smallest absolute Gasteiger partial charge is 0.182 e. The second-order valence-corrected chi connectivity index (χ2v) is 5.99. The van der Waals surface area contributed by atoms with E-state index in [4.69, 9.17) is 17.3 Å². The average Bonchev–Trinajstić information content (AvgIpc) is 2.87. The highest BCUT2D eigenvalue weighted by atomic mass is 35.5. The monoisotopic (exact) mass is 291 g/mol. The Kier molecular flexibility index (Phi) is 3.61. The number of tetrazole rings is 1. The largest absolute Gasteiger partial charge is 0.399 e. The minimum Gasteiger partial charge on any atom is -0.399 e. The van der Waals surface area contributed by atoms with Crippen molar-refractivity contribution in [2.75, 3.05) is 5.73 Å². The molecule has 2 unspecified atom stereocenters. The molecule has 20 heavy (non-hydrogen) atoms. The Balaban J connectivity index is 2.01. The first-order valence-electron chi connectivity index (χ1n) is 6.99. The van der Waals surface area contributed by atoms with Gasteiger partial charge in [-0.3, -0.25) is 0 Å². The van der Waals surface area contributed by atoms with Crippen LogP contribution in [-0.2, 0) is 0 Å². The molecular weight excluding hydrogens is 274 g/mol. The van der Waals surface area contributed by atoms with Crippen LogP contribution < -0.4 is 5.73 Å². The lowest BCUT2D eigenvalue weighted by atomic mass is 9.86. The van der Waals surface area contributed by atoms with E-state index in [0.717, 1.165) is 17.8 Å². The number of nitrogens with two attached hydrogens (primary N) is 1. The molecule has 1 aromatic heterocycles. The molecule has 106 valence electrons. The molecule has 1 aliphatic carbocycles. The Hall–Kier alpha value is -1.62. The molecular formula is C14H18ClN5. The predicted molar refractivity (Wildman–Crippen MR) is 79.3 cm³/mol. The molecule has 0 saturated heterocycles. The second-order valence-electron chi connectivity index (χ2n) is 5.55. The van der Waals surface area contributed by atoms with Crippen LogP contribution in [0.4, 0.5) is 5.69 Å². The Morgan fingerprint density at radius 1 is 1.25 bits per heavy atom. The lowest BCUT2D eigenvalue weighted by molar-refractivity contribution is 0.239. The maximum Gasteiger partial charge on any atom is 0.182 e. The van der Waals surface area contributed by atoms with E-state index in [1.54, 1.807) is 6.07 Å². The van der Waals surface area contributed by atoms with Gasteiger partial charge in [0.2, 0.25) is 0 Å². The normalized spacial score (nSPS) is 22.9. The van der Waals surface area contributed by atoms with E-state index in [2.05, 4.69) is 22.4 Å². The quantitative estimate of drug-likeness (QED) is 0.862. The number of benzene rings is 1. The Bertz CT molecular complexity index is 589.